The molecule has 0 saturated heterocycles. The molecule has 1 aromatic heterocycles. The number of halogens is 4. The zero-order valence-corrected chi connectivity index (χ0v) is 11.9. The van der Waals surface area contributed by atoms with E-state index in [1.807, 2.05) is 0 Å². The van der Waals surface area contributed by atoms with Crippen molar-refractivity contribution in [2.75, 3.05) is 5.32 Å². The number of nitro groups is 1. The van der Waals surface area contributed by atoms with Crippen LogP contribution in [-0.2, 0) is 12.7 Å². The zero-order valence-electron chi connectivity index (χ0n) is 10.3. The molecule has 9 heteroatoms. The summed E-state index contributed by atoms with van der Waals surface area (Å²) >= 11 is 6.98. The van der Waals surface area contributed by atoms with E-state index in [0.29, 0.717) is 10.4 Å². The van der Waals surface area contributed by atoms with Crippen LogP contribution in [0.2, 0.25) is 4.34 Å². The molecule has 0 unspecified atom stereocenters. The van der Waals surface area contributed by atoms with E-state index in [1.54, 1.807) is 12.1 Å². The molecule has 4 nitrogen and oxygen atoms in total. The maximum absolute atomic E-state index is 12.9. The average Bonchev–Trinajstić information content (AvgIpc) is 2.81. The Morgan fingerprint density at radius 1 is 1.29 bits per heavy atom. The van der Waals surface area contributed by atoms with Crippen LogP contribution in [-0.4, -0.2) is 4.92 Å². The third-order valence-corrected chi connectivity index (χ3v) is 3.83. The first-order valence-corrected chi connectivity index (χ1v) is 6.80. The van der Waals surface area contributed by atoms with Gasteiger partial charge < -0.3 is 5.32 Å². The molecule has 1 heterocycles. The van der Waals surface area contributed by atoms with E-state index in [0.717, 1.165) is 17.0 Å². The maximum Gasteiger partial charge on any atom is 0.418 e. The summed E-state index contributed by atoms with van der Waals surface area (Å²) in [6.07, 6.45) is -4.68. The number of hydrogen-bond donors (Lipinski definition) is 1. The van der Waals surface area contributed by atoms with Crippen molar-refractivity contribution in [3.05, 3.63) is 55.2 Å². The lowest BCUT2D eigenvalue weighted by atomic mass is 10.1. The summed E-state index contributed by atoms with van der Waals surface area (Å²) in [6.45, 7) is 0.151. The van der Waals surface area contributed by atoms with Gasteiger partial charge in [-0.25, -0.2) is 0 Å². The van der Waals surface area contributed by atoms with Gasteiger partial charge in [0.15, 0.2) is 0 Å². The largest absolute Gasteiger partial charge is 0.418 e. The maximum atomic E-state index is 12.9. The van der Waals surface area contributed by atoms with Gasteiger partial charge in [-0.3, -0.25) is 10.1 Å². The van der Waals surface area contributed by atoms with E-state index in [4.69, 9.17) is 11.6 Å². The Kier molecular flexibility index (Phi) is 4.38. The second-order valence-electron chi connectivity index (χ2n) is 4.04. The van der Waals surface area contributed by atoms with Crippen molar-refractivity contribution in [2.45, 2.75) is 12.7 Å². The quantitative estimate of drug-likeness (QED) is 0.635. The first-order valence-electron chi connectivity index (χ1n) is 5.61. The van der Waals surface area contributed by atoms with Crippen LogP contribution < -0.4 is 5.32 Å². The van der Waals surface area contributed by atoms with Crippen molar-refractivity contribution >= 4 is 34.3 Å². The van der Waals surface area contributed by atoms with E-state index >= 15 is 0 Å². The average molecular weight is 337 g/mol. The number of hydrogen-bond acceptors (Lipinski definition) is 4. The highest BCUT2D eigenvalue weighted by atomic mass is 35.5. The minimum atomic E-state index is -4.68. The van der Waals surface area contributed by atoms with Crippen LogP contribution in [0.5, 0.6) is 0 Å². The molecule has 0 bridgehead atoms. The summed E-state index contributed by atoms with van der Waals surface area (Å²) in [5.74, 6) is 0. The number of benzene rings is 1. The third-order valence-electron chi connectivity index (χ3n) is 2.60. The molecule has 0 atom stereocenters. The van der Waals surface area contributed by atoms with Crippen LogP contribution in [0.4, 0.5) is 24.5 Å². The van der Waals surface area contributed by atoms with Gasteiger partial charge in [0.05, 0.1) is 14.8 Å². The van der Waals surface area contributed by atoms with E-state index in [2.05, 4.69) is 5.32 Å². The summed E-state index contributed by atoms with van der Waals surface area (Å²) in [5.41, 5.74) is -1.89. The number of nitrogens with zero attached hydrogens (tertiary/aromatic N) is 1. The van der Waals surface area contributed by atoms with Crippen LogP contribution in [0.25, 0.3) is 0 Å². The summed E-state index contributed by atoms with van der Waals surface area (Å²) in [4.78, 5) is 10.5. The molecule has 2 aromatic rings. The van der Waals surface area contributed by atoms with Crippen LogP contribution >= 0.6 is 22.9 Å². The first kappa shape index (κ1) is 15.6. The normalized spacial score (nSPS) is 11.4. The first-order chi connectivity index (χ1) is 9.77. The monoisotopic (exact) mass is 336 g/mol. The van der Waals surface area contributed by atoms with Gasteiger partial charge in [0.25, 0.3) is 5.69 Å². The van der Waals surface area contributed by atoms with E-state index in [-0.39, 0.29) is 12.2 Å². The molecule has 0 amide bonds. The Balaban J connectivity index is 2.27. The molecule has 0 aliphatic carbocycles. The lowest BCUT2D eigenvalue weighted by Gasteiger charge is -2.13. The van der Waals surface area contributed by atoms with Gasteiger partial charge in [-0.15, -0.1) is 11.3 Å². The molecule has 21 heavy (non-hydrogen) atoms. The van der Waals surface area contributed by atoms with Crippen LogP contribution in [0, 0.1) is 10.1 Å². The molecule has 1 N–H and O–H groups in total. The van der Waals surface area contributed by atoms with E-state index in [1.165, 1.54) is 11.3 Å². The Morgan fingerprint density at radius 3 is 2.52 bits per heavy atom. The highest BCUT2D eigenvalue weighted by Gasteiger charge is 2.35. The van der Waals surface area contributed by atoms with Crippen molar-refractivity contribution in [3.63, 3.8) is 0 Å². The number of rotatable bonds is 4. The lowest BCUT2D eigenvalue weighted by molar-refractivity contribution is -0.385. The molecule has 0 aliphatic rings. The lowest BCUT2D eigenvalue weighted by Crippen LogP contribution is -2.11. The summed E-state index contributed by atoms with van der Waals surface area (Å²) < 4.78 is 39.4. The van der Waals surface area contributed by atoms with E-state index < -0.39 is 22.4 Å². The Morgan fingerprint density at radius 2 is 2.00 bits per heavy atom. The fraction of sp³-hybridized carbons (Fsp3) is 0.167. The zero-order chi connectivity index (χ0) is 15.6. The van der Waals surface area contributed by atoms with Crippen LogP contribution in [0.1, 0.15) is 10.4 Å². The van der Waals surface area contributed by atoms with Gasteiger partial charge in [-0.05, 0) is 18.2 Å². The van der Waals surface area contributed by atoms with Crippen molar-refractivity contribution in [3.8, 4) is 0 Å². The van der Waals surface area contributed by atoms with Crippen molar-refractivity contribution in [1.82, 2.24) is 0 Å². The predicted octanol–water partition coefficient (Wildman–Crippen LogP) is 4.94. The van der Waals surface area contributed by atoms with Crippen molar-refractivity contribution in [1.29, 1.82) is 0 Å². The number of thiophene rings is 1. The molecule has 0 radical (unpaired) electrons. The SMILES string of the molecule is O=[N+]([O-])c1ccc(NCc2ccc(Cl)s2)c(C(F)(F)F)c1. The van der Waals surface area contributed by atoms with Gasteiger partial charge in [0.1, 0.15) is 0 Å². The molecule has 2 rings (SSSR count). The van der Waals surface area contributed by atoms with Crippen LogP contribution in [0.3, 0.4) is 0 Å². The molecular formula is C12H8ClF3N2O2S. The molecule has 0 aliphatic heterocycles. The fourth-order valence-electron chi connectivity index (χ4n) is 1.66. The molecule has 0 saturated carbocycles. The van der Waals surface area contributed by atoms with Crippen molar-refractivity contribution < 1.29 is 18.1 Å². The fourth-order valence-corrected chi connectivity index (χ4v) is 2.69. The Hall–Kier alpha value is -1.80. The van der Waals surface area contributed by atoms with Gasteiger partial charge in [0, 0.05) is 29.2 Å². The smallest absolute Gasteiger partial charge is 0.380 e. The third kappa shape index (κ3) is 3.85. The standard InChI is InChI=1S/C12H8ClF3N2O2S/c13-11-4-2-8(21-11)6-17-10-3-1-7(18(19)20)5-9(10)12(14,15)16/h1-5,17H,6H2. The summed E-state index contributed by atoms with van der Waals surface area (Å²) in [5, 5.41) is 13.2. The second kappa shape index (κ2) is 5.90. The highest BCUT2D eigenvalue weighted by molar-refractivity contribution is 7.16. The van der Waals surface area contributed by atoms with E-state index in [9.17, 15) is 23.3 Å². The van der Waals surface area contributed by atoms with Gasteiger partial charge >= 0.3 is 6.18 Å². The van der Waals surface area contributed by atoms with Crippen molar-refractivity contribution in [2.24, 2.45) is 0 Å². The number of nitro benzene ring substituents is 1. The Bertz CT molecular complexity index is 673. The highest BCUT2D eigenvalue weighted by Crippen LogP contribution is 2.37. The molecule has 0 spiro atoms. The van der Waals surface area contributed by atoms with Crippen LogP contribution in [0.15, 0.2) is 30.3 Å². The molecule has 0 fully saturated rings. The summed E-state index contributed by atoms with van der Waals surface area (Å²) in [6, 6.07) is 5.93. The molecule has 112 valence electrons. The minimum absolute atomic E-state index is 0.151. The Labute approximate surface area is 126 Å². The number of alkyl halides is 3. The number of non-ortho nitro benzene ring substituents is 1. The molecular weight excluding hydrogens is 329 g/mol. The number of nitrogens with one attached hydrogen (secondary N) is 1. The minimum Gasteiger partial charge on any atom is -0.380 e. The second-order valence-corrected chi connectivity index (χ2v) is 5.84. The number of anilines is 1. The van der Waals surface area contributed by atoms with Gasteiger partial charge in [-0.2, -0.15) is 13.2 Å². The molecule has 1 aromatic carbocycles. The predicted molar refractivity (Wildman–Crippen MR) is 74.8 cm³/mol. The topological polar surface area (TPSA) is 55.2 Å². The van der Waals surface area contributed by atoms with Gasteiger partial charge in [-0.1, -0.05) is 11.6 Å². The summed E-state index contributed by atoms with van der Waals surface area (Å²) in [7, 11) is 0. The van der Waals surface area contributed by atoms with Gasteiger partial charge in [0.2, 0.25) is 0 Å².